The molecule has 2 bridgehead atoms. The quantitative estimate of drug-likeness (QED) is 0.330. The molecule has 1 aliphatic carbocycles. The molecule has 2 amide bonds. The van der Waals surface area contributed by atoms with Crippen LogP contribution in [0.3, 0.4) is 0 Å². The number of methoxy groups -OCH3 is 1. The van der Waals surface area contributed by atoms with Gasteiger partial charge in [-0.15, -0.1) is 9.46 Å². The lowest BCUT2D eigenvalue weighted by Gasteiger charge is -2.32. The summed E-state index contributed by atoms with van der Waals surface area (Å²) < 4.78 is 34.3. The van der Waals surface area contributed by atoms with Gasteiger partial charge in [-0.25, -0.2) is 4.21 Å². The molecular weight excluding hydrogens is 650 g/mol. The number of hydrogen-bond donors (Lipinski definition) is 1. The Balaban J connectivity index is 1.45. The molecule has 0 saturated carbocycles. The molecule has 3 aromatic rings. The summed E-state index contributed by atoms with van der Waals surface area (Å²) in [6.07, 6.45) is 11.5. The average molecular weight is 692 g/mol. The second-order valence-electron chi connectivity index (χ2n) is 12.8. The number of nitrogens with one attached hydrogen (secondary N) is 1. The predicted octanol–water partition coefficient (Wildman–Crippen LogP) is 6.55. The Morgan fingerprint density at radius 3 is 2.81 bits per heavy atom. The van der Waals surface area contributed by atoms with Gasteiger partial charge >= 0.3 is 0 Å². The van der Waals surface area contributed by atoms with Gasteiger partial charge in [0, 0.05) is 42.8 Å². The van der Waals surface area contributed by atoms with Gasteiger partial charge in [-0.3, -0.25) is 19.0 Å². The maximum Gasteiger partial charge on any atom is 0.286 e. The van der Waals surface area contributed by atoms with E-state index in [-0.39, 0.29) is 28.7 Å². The maximum atomic E-state index is 14.5. The zero-order valence-corrected chi connectivity index (χ0v) is 29.4. The number of aromatic nitrogens is 2. The van der Waals surface area contributed by atoms with Crippen LogP contribution in [0.2, 0.25) is 5.02 Å². The van der Waals surface area contributed by atoms with Crippen molar-refractivity contribution >= 4 is 39.0 Å². The van der Waals surface area contributed by atoms with E-state index >= 15 is 0 Å². The molecule has 0 spiro atoms. The Kier molecular flexibility index (Phi) is 9.98. The third kappa shape index (κ3) is 7.63. The lowest BCUT2D eigenvalue weighted by molar-refractivity contribution is 0.0979. The molecule has 1 unspecified atom stereocenters. The Morgan fingerprint density at radius 1 is 1.19 bits per heavy atom. The monoisotopic (exact) mass is 691 g/mol. The minimum Gasteiger partial charge on any atom is -0.491 e. The van der Waals surface area contributed by atoms with Gasteiger partial charge < -0.3 is 14.4 Å². The largest absolute Gasteiger partial charge is 0.491 e. The summed E-state index contributed by atoms with van der Waals surface area (Å²) in [6.45, 7) is 5.97. The molecular formula is C36H42ClN5O5S. The first-order valence-corrected chi connectivity index (χ1v) is 18.5. The number of anilines is 1. The maximum absolute atomic E-state index is 14.5. The molecule has 3 aliphatic rings. The minimum absolute atomic E-state index is 0.0573. The first-order valence-electron chi connectivity index (χ1n) is 16.4. The summed E-state index contributed by atoms with van der Waals surface area (Å²) in [5.74, 6) is -0.309. The summed E-state index contributed by atoms with van der Waals surface area (Å²) in [5, 5.41) is 4.85. The highest BCUT2D eigenvalue weighted by Crippen LogP contribution is 2.42. The molecule has 0 fully saturated rings. The van der Waals surface area contributed by atoms with E-state index in [1.807, 2.05) is 19.1 Å². The fourth-order valence-corrected chi connectivity index (χ4v) is 8.51. The standard InChI is InChI=1S/C36H42ClN5O5S/c1-5-24-19-42-20-28-11-13-29(37)16-25(28)8-6-7-15-47-33-14-12-27(18-32(33)42)34(43)39-48(45,22-23(2)9-10-26-17-30(24)26)40-35(44)31-21-41(3)38-36(31)46-4/h9-14,16-18,21,23-24,30H,5-8,15,19-20,22H2,1-4H3,(H,39,40,43,44,45)/b10-9-/t23-,24-,30-,48?/m0/s1. The molecule has 1 aromatic heterocycles. The van der Waals surface area contributed by atoms with Gasteiger partial charge in [0.1, 0.15) is 21.2 Å². The van der Waals surface area contributed by atoms with Gasteiger partial charge in [0.25, 0.3) is 11.8 Å². The van der Waals surface area contributed by atoms with Crippen LogP contribution in [0.4, 0.5) is 5.69 Å². The normalized spacial score (nSPS) is 24.9. The van der Waals surface area contributed by atoms with Crippen molar-refractivity contribution in [3.8, 4) is 11.6 Å². The highest BCUT2D eigenvalue weighted by molar-refractivity contribution is 7.92. The summed E-state index contributed by atoms with van der Waals surface area (Å²) in [7, 11) is -0.538. The molecule has 0 radical (unpaired) electrons. The van der Waals surface area contributed by atoms with Crippen LogP contribution in [0.25, 0.3) is 0 Å². The van der Waals surface area contributed by atoms with Gasteiger partial charge in [-0.2, -0.15) is 0 Å². The van der Waals surface area contributed by atoms with E-state index < -0.39 is 21.7 Å². The molecule has 2 aliphatic heterocycles. The van der Waals surface area contributed by atoms with Crippen molar-refractivity contribution in [2.45, 2.75) is 46.1 Å². The van der Waals surface area contributed by atoms with Gasteiger partial charge in [0.15, 0.2) is 0 Å². The van der Waals surface area contributed by atoms with E-state index in [1.54, 1.807) is 25.2 Å². The Morgan fingerprint density at radius 2 is 2.02 bits per heavy atom. The van der Waals surface area contributed by atoms with Gasteiger partial charge in [0.2, 0.25) is 5.88 Å². The Labute approximate surface area is 287 Å². The van der Waals surface area contributed by atoms with E-state index in [4.69, 9.17) is 21.1 Å². The number of halogens is 1. The predicted molar refractivity (Wildman–Crippen MR) is 188 cm³/mol. The number of carbonyl (C=O) groups excluding carboxylic acids is 2. The number of nitrogens with zero attached hydrogens (tertiary/aromatic N) is 4. The molecule has 3 heterocycles. The number of aryl methyl sites for hydroxylation is 2. The summed E-state index contributed by atoms with van der Waals surface area (Å²) in [5.41, 5.74) is 4.73. The minimum atomic E-state index is -3.59. The van der Waals surface area contributed by atoms with Crippen LogP contribution in [0.1, 0.15) is 65.0 Å². The molecule has 1 N–H and O–H groups in total. The van der Waals surface area contributed by atoms with E-state index in [1.165, 1.54) is 34.7 Å². The topological polar surface area (TPSA) is 115 Å². The zero-order chi connectivity index (χ0) is 34.0. The second-order valence-corrected chi connectivity index (χ2v) is 15.3. The lowest BCUT2D eigenvalue weighted by Crippen LogP contribution is -2.35. The van der Waals surface area contributed by atoms with Crippen molar-refractivity contribution in [1.82, 2.24) is 14.5 Å². The number of rotatable bonds is 4. The number of hydrogen-bond acceptors (Lipinski definition) is 7. The lowest BCUT2D eigenvalue weighted by atomic mass is 9.94. The third-order valence-electron chi connectivity index (χ3n) is 9.13. The molecule has 0 saturated heterocycles. The van der Waals surface area contributed by atoms with Crippen LogP contribution >= 0.6 is 11.6 Å². The van der Waals surface area contributed by atoms with Crippen molar-refractivity contribution in [3.63, 3.8) is 0 Å². The van der Waals surface area contributed by atoms with Crippen molar-refractivity contribution < 1.29 is 23.3 Å². The van der Waals surface area contributed by atoms with Gasteiger partial charge in [-0.05, 0) is 78.1 Å². The van der Waals surface area contributed by atoms with Crippen LogP contribution in [-0.4, -0.2) is 51.8 Å². The Hall–Kier alpha value is -4.09. The van der Waals surface area contributed by atoms with E-state index in [0.717, 1.165) is 37.9 Å². The first-order chi connectivity index (χ1) is 23.1. The van der Waals surface area contributed by atoms with Crippen LogP contribution in [-0.2, 0) is 29.9 Å². The number of carbonyl (C=O) groups is 2. The molecule has 2 aromatic carbocycles. The average Bonchev–Trinajstić information content (AvgIpc) is 3.72. The summed E-state index contributed by atoms with van der Waals surface area (Å²) in [6, 6.07) is 11.3. The van der Waals surface area contributed by atoms with Crippen LogP contribution < -0.4 is 19.1 Å². The molecule has 12 heteroatoms. The number of allylic oxidation sites excluding steroid dienone is 4. The molecule has 10 nitrogen and oxygen atoms in total. The number of ether oxygens (including phenoxy) is 2. The van der Waals surface area contributed by atoms with Gasteiger partial charge in [0.05, 0.1) is 25.2 Å². The molecule has 6 rings (SSSR count). The molecule has 254 valence electrons. The number of benzene rings is 2. The van der Waals surface area contributed by atoms with E-state index in [0.29, 0.717) is 35.8 Å². The summed E-state index contributed by atoms with van der Waals surface area (Å²) in [4.78, 5) is 29.6. The van der Waals surface area contributed by atoms with E-state index in [2.05, 4.69) is 50.3 Å². The highest BCUT2D eigenvalue weighted by atomic mass is 35.5. The van der Waals surface area contributed by atoms with Crippen LogP contribution in [0, 0.1) is 17.8 Å². The summed E-state index contributed by atoms with van der Waals surface area (Å²) >= 11 is 6.44. The SMILES string of the molecule is CC[C@H]1CN2Cc3ccc(Cl)cc3CCCCOc3ccc(cc32)C(=O)N=S(=O)(NC(=O)c2cn(C)nc2OC)C[C@@H](C)/C=C\C2=C[C@H]21. The third-order valence-corrected chi connectivity index (χ3v) is 11.3. The fraction of sp³-hybridized carbons (Fsp3) is 0.417. The van der Waals surface area contributed by atoms with Crippen LogP contribution in [0.5, 0.6) is 11.6 Å². The van der Waals surface area contributed by atoms with Crippen molar-refractivity contribution in [1.29, 1.82) is 0 Å². The second kappa shape index (κ2) is 14.2. The zero-order valence-electron chi connectivity index (χ0n) is 27.8. The van der Waals surface area contributed by atoms with Crippen molar-refractivity contribution in [3.05, 3.63) is 93.7 Å². The fourth-order valence-electron chi connectivity index (χ4n) is 6.52. The van der Waals surface area contributed by atoms with Gasteiger partial charge in [-0.1, -0.05) is 56.2 Å². The molecule has 4 atom stereocenters. The number of amides is 2. The number of fused-ring (bicyclic) bond motifs is 3. The first kappa shape index (κ1) is 33.8. The van der Waals surface area contributed by atoms with Crippen molar-refractivity contribution in [2.75, 3.05) is 30.9 Å². The van der Waals surface area contributed by atoms with Crippen LogP contribution in [0.15, 0.2) is 70.8 Å². The van der Waals surface area contributed by atoms with E-state index in [9.17, 15) is 13.8 Å². The smallest absolute Gasteiger partial charge is 0.286 e. The molecule has 48 heavy (non-hydrogen) atoms. The van der Waals surface area contributed by atoms with Crippen molar-refractivity contribution in [2.24, 2.45) is 29.2 Å². The Bertz CT molecular complexity index is 1910. The highest BCUT2D eigenvalue weighted by Gasteiger charge is 2.33.